The number of imidazole rings is 2. The van der Waals surface area contributed by atoms with E-state index >= 15 is 0 Å². The van der Waals surface area contributed by atoms with Crippen molar-refractivity contribution in [2.45, 2.75) is 101 Å². The Balaban J connectivity index is 0.000000183. The Morgan fingerprint density at radius 3 is 2.28 bits per heavy atom. The van der Waals surface area contributed by atoms with E-state index in [-0.39, 0.29) is 44.4 Å². The fraction of sp³-hybridized carbons (Fsp3) is 0.600. The Morgan fingerprint density at radius 1 is 0.912 bits per heavy atom. The van der Waals surface area contributed by atoms with Crippen molar-refractivity contribution in [1.82, 2.24) is 39.0 Å². The van der Waals surface area contributed by atoms with Crippen molar-refractivity contribution in [2.24, 2.45) is 0 Å². The van der Waals surface area contributed by atoms with Crippen LogP contribution in [0.5, 0.6) is 0 Å². The molecule has 4 aromatic rings. The number of phosphoric acid groups is 2. The van der Waals surface area contributed by atoms with Gasteiger partial charge in [0, 0.05) is 12.8 Å². The summed E-state index contributed by atoms with van der Waals surface area (Å²) < 4.78 is 64.2. The Kier molecular flexibility index (Phi) is 12.4. The first-order valence-corrected chi connectivity index (χ1v) is 21.5. The molecular formula is C30H39BrN10O14P2. The first-order valence-electron chi connectivity index (χ1n) is 17.7. The molecule has 4 saturated heterocycles. The van der Waals surface area contributed by atoms with Crippen LogP contribution in [0, 0.1) is 0 Å². The fourth-order valence-corrected chi connectivity index (χ4v) is 9.11. The van der Waals surface area contributed by atoms with Gasteiger partial charge in [-0.2, -0.15) is 0 Å². The van der Waals surface area contributed by atoms with Gasteiger partial charge in [0.05, 0.1) is 32.6 Å². The van der Waals surface area contributed by atoms with Crippen molar-refractivity contribution >= 4 is 77.4 Å². The van der Waals surface area contributed by atoms with Gasteiger partial charge in [-0.25, -0.2) is 39.0 Å². The number of halogens is 1. The maximum absolute atomic E-state index is 12.2. The Morgan fingerprint density at radius 2 is 1.56 bits per heavy atom. The van der Waals surface area contributed by atoms with Crippen LogP contribution in [0.3, 0.4) is 0 Å². The zero-order chi connectivity index (χ0) is 40.6. The summed E-state index contributed by atoms with van der Waals surface area (Å²) in [6.07, 6.45) is -0.692. The fourth-order valence-electron chi connectivity index (χ4n) is 6.69. The molecule has 6 N–H and O–H groups in total. The van der Waals surface area contributed by atoms with E-state index in [9.17, 15) is 33.6 Å². The molecule has 57 heavy (non-hydrogen) atoms. The number of hydrogen-bond donors (Lipinski definition) is 5. The normalized spacial score (nSPS) is 32.0. The smallest absolute Gasteiger partial charge is 0.457 e. The van der Waals surface area contributed by atoms with Gasteiger partial charge >= 0.3 is 21.6 Å². The number of carbonyl (C=O) groups excluding carboxylic acids is 2. The van der Waals surface area contributed by atoms with Crippen molar-refractivity contribution in [1.29, 1.82) is 0 Å². The molecule has 0 aliphatic carbocycles. The van der Waals surface area contributed by atoms with E-state index in [0.717, 1.165) is 0 Å². The minimum Gasteiger partial charge on any atom is -0.457 e. The number of nitrogens with two attached hydrogens (primary N) is 1. The van der Waals surface area contributed by atoms with Crippen molar-refractivity contribution in [2.75, 3.05) is 24.3 Å². The molecule has 0 radical (unpaired) electrons. The second-order valence-electron chi connectivity index (χ2n) is 13.3. The zero-order valence-corrected chi connectivity index (χ0v) is 33.6. The molecule has 10 unspecified atom stereocenters. The maximum atomic E-state index is 12.2. The van der Waals surface area contributed by atoms with E-state index in [2.05, 4.69) is 51.2 Å². The number of aliphatic hydroxyl groups is 1. The first-order chi connectivity index (χ1) is 27.2. The number of esters is 1. The van der Waals surface area contributed by atoms with Crippen LogP contribution in [0.25, 0.3) is 22.3 Å². The average Bonchev–Trinajstić information content (AvgIpc) is 3.89. The van der Waals surface area contributed by atoms with Crippen LogP contribution in [0.1, 0.15) is 39.5 Å². The SMILES string of the molecule is CCCC(=O)Nc1ncnc2c1ncn2CC1OC2COP(=O)(O)OC2C1OC(=O)CCC.Nc1ncnc2c1nc(Br)n2CC1OC2COP(=O)(O)OC2C1O. The van der Waals surface area contributed by atoms with Crippen LogP contribution in [-0.2, 0) is 64.1 Å². The van der Waals surface area contributed by atoms with Crippen molar-refractivity contribution < 1.29 is 65.9 Å². The number of ether oxygens (including phenoxy) is 3. The number of hydrogen-bond acceptors (Lipinski definition) is 19. The minimum atomic E-state index is -4.27. The first kappa shape index (κ1) is 41.6. The topological polar surface area (TPSA) is 319 Å². The molecule has 4 aromatic heterocycles. The summed E-state index contributed by atoms with van der Waals surface area (Å²) >= 11 is 3.32. The second-order valence-corrected chi connectivity index (χ2v) is 16.8. The molecule has 27 heteroatoms. The van der Waals surface area contributed by atoms with E-state index < -0.39 is 70.4 Å². The van der Waals surface area contributed by atoms with Crippen LogP contribution < -0.4 is 11.1 Å². The third kappa shape index (κ3) is 9.04. The van der Waals surface area contributed by atoms with Gasteiger partial charge in [0.15, 0.2) is 44.8 Å². The zero-order valence-electron chi connectivity index (χ0n) is 30.3. The van der Waals surface area contributed by atoms with Gasteiger partial charge in [0.2, 0.25) is 5.91 Å². The number of nitrogen functional groups attached to an aromatic ring is 1. The second kappa shape index (κ2) is 17.0. The molecule has 4 aliphatic rings. The lowest BCUT2D eigenvalue weighted by Gasteiger charge is -2.29. The largest absolute Gasteiger partial charge is 0.472 e. The third-order valence-corrected chi connectivity index (χ3v) is 11.8. The Hall–Kier alpha value is -3.58. The van der Waals surface area contributed by atoms with Gasteiger partial charge in [-0.05, 0) is 28.8 Å². The molecule has 10 atom stereocenters. The highest BCUT2D eigenvalue weighted by Gasteiger charge is 2.54. The maximum Gasteiger partial charge on any atom is 0.472 e. The van der Waals surface area contributed by atoms with Crippen molar-refractivity contribution in [3.8, 4) is 0 Å². The summed E-state index contributed by atoms with van der Waals surface area (Å²) in [6.45, 7) is 3.78. The highest BCUT2D eigenvalue weighted by atomic mass is 79.9. The summed E-state index contributed by atoms with van der Waals surface area (Å²) in [6, 6.07) is 0. The molecule has 0 saturated carbocycles. The van der Waals surface area contributed by atoms with Crippen LogP contribution >= 0.6 is 31.6 Å². The number of carbonyl (C=O) groups is 2. The number of aliphatic hydroxyl groups excluding tert-OH is 1. The molecular weight excluding hydrogens is 866 g/mol. The van der Waals surface area contributed by atoms with Gasteiger partial charge < -0.3 is 49.3 Å². The summed E-state index contributed by atoms with van der Waals surface area (Å²) in [5.74, 6) is -0.108. The molecule has 4 fully saturated rings. The predicted molar refractivity (Wildman–Crippen MR) is 196 cm³/mol. The van der Waals surface area contributed by atoms with E-state index in [1.165, 1.54) is 19.0 Å². The van der Waals surface area contributed by atoms with E-state index in [0.29, 0.717) is 52.1 Å². The molecule has 0 bridgehead atoms. The Bertz CT molecular complexity index is 2230. The average molecular weight is 906 g/mol. The summed E-state index contributed by atoms with van der Waals surface area (Å²) in [5.41, 5.74) is 7.52. The quantitative estimate of drug-likeness (QED) is 0.0852. The minimum absolute atomic E-state index is 0.132. The summed E-state index contributed by atoms with van der Waals surface area (Å²) in [5, 5.41) is 13.1. The molecule has 310 valence electrons. The number of anilines is 2. The van der Waals surface area contributed by atoms with Gasteiger partial charge in [-0.15, -0.1) is 0 Å². The van der Waals surface area contributed by atoms with Gasteiger partial charge in [-0.1, -0.05) is 13.8 Å². The van der Waals surface area contributed by atoms with Crippen LogP contribution in [0.2, 0.25) is 0 Å². The number of nitrogens with zero attached hydrogens (tertiary/aromatic N) is 8. The Labute approximate surface area is 331 Å². The highest BCUT2D eigenvalue weighted by molar-refractivity contribution is 9.10. The number of amides is 1. The lowest BCUT2D eigenvalue weighted by Crippen LogP contribution is -2.42. The van der Waals surface area contributed by atoms with E-state index in [1.54, 1.807) is 9.13 Å². The number of rotatable bonds is 10. The monoisotopic (exact) mass is 904 g/mol. The number of fused-ring (bicyclic) bond motifs is 4. The number of nitrogens with one attached hydrogen (secondary N) is 1. The van der Waals surface area contributed by atoms with E-state index in [1.807, 2.05) is 13.8 Å². The third-order valence-electron chi connectivity index (χ3n) is 9.26. The van der Waals surface area contributed by atoms with Gasteiger partial charge in [-0.3, -0.25) is 27.7 Å². The molecule has 1 amide bonds. The molecule has 0 spiro atoms. The van der Waals surface area contributed by atoms with Gasteiger partial charge in [0.25, 0.3) is 0 Å². The standard InChI is InChI=1S/C19H26N5O8P.C11H13BrN5O6P/c1-3-5-13(25)23-18-15-19(21-9-20-18)24(10-22-15)7-11-16(31-14(26)6-4-2)17-12(30-11)8-29-33(27,28)32-17;12-11-16-6-9(13)14-3-15-10(6)17(11)1-4-7(18)8-5(22-4)2-21-24(19,20)23-8/h9-12,16-17H,3-8H2,1-2H3,(H,27,28)(H,20,21,23,25);3-5,7-8,18H,1-2H2,(H,19,20)(H2,13,14,15). The number of phosphoric ester groups is 2. The lowest BCUT2D eigenvalue weighted by molar-refractivity contribution is -0.156. The van der Waals surface area contributed by atoms with Gasteiger partial charge in [0.1, 0.15) is 55.4 Å². The predicted octanol–water partition coefficient (Wildman–Crippen LogP) is 1.38. The van der Waals surface area contributed by atoms with Crippen LogP contribution in [0.15, 0.2) is 23.7 Å². The molecule has 4 aliphatic heterocycles. The van der Waals surface area contributed by atoms with Crippen LogP contribution in [0.4, 0.5) is 11.6 Å². The summed E-state index contributed by atoms with van der Waals surface area (Å²) in [4.78, 5) is 68.3. The van der Waals surface area contributed by atoms with Crippen LogP contribution in [-0.4, -0.2) is 128 Å². The van der Waals surface area contributed by atoms with Crippen molar-refractivity contribution in [3.05, 3.63) is 23.7 Å². The molecule has 24 nitrogen and oxygen atoms in total. The van der Waals surface area contributed by atoms with E-state index in [4.69, 9.17) is 38.0 Å². The number of aromatic nitrogens is 8. The molecule has 8 rings (SSSR count). The highest BCUT2D eigenvalue weighted by Crippen LogP contribution is 2.53. The molecule has 8 heterocycles. The van der Waals surface area contributed by atoms with Crippen molar-refractivity contribution in [3.63, 3.8) is 0 Å². The lowest BCUT2D eigenvalue weighted by atomic mass is 10.1. The summed E-state index contributed by atoms with van der Waals surface area (Å²) in [7, 11) is -8.42. The molecule has 0 aromatic carbocycles.